The Bertz CT molecular complexity index is 2020. The fourth-order valence-electron chi connectivity index (χ4n) is 7.78. The number of nitrogens with zero attached hydrogens (tertiary/aromatic N) is 3. The molecule has 2 saturated carbocycles. The van der Waals surface area contributed by atoms with Crippen LogP contribution in [0, 0.1) is 5.92 Å². The molecular formula is C39H46N6O10S. The van der Waals surface area contributed by atoms with E-state index in [1.807, 2.05) is 12.2 Å². The number of rotatable bonds is 8. The van der Waals surface area contributed by atoms with E-state index in [-0.39, 0.29) is 31.4 Å². The molecule has 5 atom stereocenters. The number of aromatic nitrogens is 2. The first-order valence-corrected chi connectivity index (χ1v) is 19.9. The molecule has 0 unspecified atom stereocenters. The quantitative estimate of drug-likeness (QED) is 0.211. The van der Waals surface area contributed by atoms with Gasteiger partial charge in [-0.2, -0.15) is 0 Å². The summed E-state index contributed by atoms with van der Waals surface area (Å²) in [4.78, 5) is 76.9. The lowest BCUT2D eigenvalue weighted by Gasteiger charge is -2.29. The van der Waals surface area contributed by atoms with Crippen LogP contribution in [-0.4, -0.2) is 101 Å². The highest BCUT2D eigenvalue weighted by molar-refractivity contribution is 7.14. The molecule has 1 aromatic carbocycles. The molecule has 0 radical (unpaired) electrons. The van der Waals surface area contributed by atoms with Crippen LogP contribution in [0.3, 0.4) is 0 Å². The minimum Gasteiger partial charge on any atom is -0.497 e. The van der Waals surface area contributed by atoms with Crippen LogP contribution in [0.2, 0.25) is 0 Å². The molecule has 17 heteroatoms. The summed E-state index contributed by atoms with van der Waals surface area (Å²) in [5.41, 5.74) is -0.0720. The highest BCUT2D eigenvalue weighted by atomic mass is 32.1. The summed E-state index contributed by atoms with van der Waals surface area (Å²) in [6.45, 7) is -0.0185. The number of carbonyl (C=O) groups is 5. The fourth-order valence-corrected chi connectivity index (χ4v) is 8.47. The van der Waals surface area contributed by atoms with Crippen LogP contribution >= 0.6 is 11.3 Å². The average molecular weight is 791 g/mol. The van der Waals surface area contributed by atoms with Gasteiger partial charge >= 0.3 is 18.2 Å². The molecule has 2 aliphatic carbocycles. The molecular weight excluding hydrogens is 745 g/mol. The normalized spacial score (nSPS) is 26.1. The number of methoxy groups -OCH3 is 2. The molecule has 3 fully saturated rings. The van der Waals surface area contributed by atoms with Crippen molar-refractivity contribution in [3.05, 3.63) is 41.8 Å². The number of anilines is 1. The molecule has 1 saturated heterocycles. The highest BCUT2D eigenvalue weighted by Gasteiger charge is 2.61. The lowest BCUT2D eigenvalue weighted by atomic mass is 10.0. The number of hydrogen-bond acceptors (Lipinski definition) is 12. The Labute approximate surface area is 327 Å². The zero-order chi connectivity index (χ0) is 39.4. The standard InChI is InChI=1S/C39H46N6O10S/c1-52-24-14-15-26-28(16-24)40-29(30-21-56-36(41-30)43-37(50)53-2)18-32(26)54-25-17-31-33(46)44-39(35(48)49)19-22(39)10-6-4-3-5-7-13-27(34(47)45(31)20-25)42-38(51)55-23-11-8-9-12-23/h6,10,14-16,18,21-23,25,27,31H,3-5,7-9,11-13,17,19-20H2,1-2H3,(H,42,51)(H,44,46)(H,48,49)(H,41,43,50)/b10-6-/t22-,25+,27+,31-,39+/m0/s1. The molecule has 7 rings (SSSR count). The number of alkyl carbamates (subject to hydrolysis) is 1. The fraction of sp³-hybridized carbons (Fsp3) is 0.513. The van der Waals surface area contributed by atoms with Crippen LogP contribution < -0.4 is 25.4 Å². The van der Waals surface area contributed by atoms with E-state index in [2.05, 4.69) is 25.7 Å². The Morgan fingerprint density at radius 1 is 0.982 bits per heavy atom. The van der Waals surface area contributed by atoms with Gasteiger partial charge in [0, 0.05) is 35.2 Å². The number of allylic oxidation sites excluding steroid dienone is 1. The van der Waals surface area contributed by atoms with Gasteiger partial charge in [-0.3, -0.25) is 14.9 Å². The van der Waals surface area contributed by atoms with E-state index in [1.165, 1.54) is 23.3 Å². The second-order valence-corrected chi connectivity index (χ2v) is 15.5. The predicted octanol–water partition coefficient (Wildman–Crippen LogP) is 5.41. The third kappa shape index (κ3) is 8.51. The topological polar surface area (TPSA) is 208 Å². The van der Waals surface area contributed by atoms with E-state index in [4.69, 9.17) is 19.2 Å². The minimum absolute atomic E-state index is 0.0185. The van der Waals surface area contributed by atoms with Gasteiger partial charge in [0.15, 0.2) is 5.13 Å². The minimum atomic E-state index is -1.48. The number of carboxylic acid groups (broad SMARTS) is 1. The number of ether oxygens (including phenoxy) is 4. The molecule has 2 aliphatic heterocycles. The highest BCUT2D eigenvalue weighted by Crippen LogP contribution is 2.45. The smallest absolute Gasteiger partial charge is 0.413 e. The molecule has 0 bridgehead atoms. The Kier molecular flexibility index (Phi) is 11.6. The van der Waals surface area contributed by atoms with Gasteiger partial charge in [0.1, 0.15) is 47.0 Å². The summed E-state index contributed by atoms with van der Waals surface area (Å²) in [5.74, 6) is -1.64. The number of carboxylic acids is 1. The molecule has 4 N–H and O–H groups in total. The first kappa shape index (κ1) is 38.8. The number of aliphatic carboxylic acids is 1. The zero-order valence-corrected chi connectivity index (χ0v) is 32.1. The number of amides is 4. The molecule has 2 aromatic heterocycles. The summed E-state index contributed by atoms with van der Waals surface area (Å²) < 4.78 is 22.5. The third-order valence-corrected chi connectivity index (χ3v) is 11.7. The van der Waals surface area contributed by atoms with Crippen molar-refractivity contribution in [2.45, 2.75) is 100 Å². The molecule has 3 aromatic rings. The van der Waals surface area contributed by atoms with Crippen molar-refractivity contribution in [2.75, 3.05) is 26.1 Å². The molecule has 4 heterocycles. The van der Waals surface area contributed by atoms with Crippen LogP contribution in [0.25, 0.3) is 22.3 Å². The van der Waals surface area contributed by atoms with E-state index >= 15 is 0 Å². The third-order valence-electron chi connectivity index (χ3n) is 10.9. The van der Waals surface area contributed by atoms with Gasteiger partial charge < -0.3 is 39.6 Å². The second kappa shape index (κ2) is 16.7. The van der Waals surface area contributed by atoms with Crippen LogP contribution in [0.15, 0.2) is 41.8 Å². The van der Waals surface area contributed by atoms with Crippen LogP contribution in [0.1, 0.15) is 70.6 Å². The molecule has 0 spiro atoms. The van der Waals surface area contributed by atoms with E-state index in [9.17, 15) is 29.1 Å². The molecule has 4 amide bonds. The lowest BCUT2D eigenvalue weighted by Crippen LogP contribution is -2.56. The van der Waals surface area contributed by atoms with Gasteiger partial charge in [-0.05, 0) is 63.5 Å². The van der Waals surface area contributed by atoms with Crippen LogP contribution in [0.5, 0.6) is 11.5 Å². The average Bonchev–Trinajstić information content (AvgIpc) is 3.62. The Morgan fingerprint density at radius 3 is 2.55 bits per heavy atom. The first-order valence-electron chi connectivity index (χ1n) is 19.0. The van der Waals surface area contributed by atoms with Gasteiger partial charge in [0.25, 0.3) is 0 Å². The van der Waals surface area contributed by atoms with Crippen molar-refractivity contribution >= 4 is 57.3 Å². The van der Waals surface area contributed by atoms with Crippen molar-refractivity contribution in [2.24, 2.45) is 5.92 Å². The lowest BCUT2D eigenvalue weighted by molar-refractivity contribution is -0.145. The number of nitrogens with one attached hydrogen (secondary N) is 3. The molecule has 16 nitrogen and oxygen atoms in total. The monoisotopic (exact) mass is 790 g/mol. The first-order chi connectivity index (χ1) is 27.1. The van der Waals surface area contributed by atoms with Crippen molar-refractivity contribution in [1.29, 1.82) is 0 Å². The number of thiazole rings is 1. The SMILES string of the molecule is COC(=O)Nc1nc(-c2cc(O[C@@H]3C[C@H]4C(=O)N[C@]5(C(=O)O)C[C@@H]5/C=C\CCCCC[C@@H](NC(=O)OC5CCCC5)C(=O)N4C3)c3ccc(OC)cc3n2)cs1. The predicted molar refractivity (Wildman–Crippen MR) is 204 cm³/mol. The molecule has 56 heavy (non-hydrogen) atoms. The Morgan fingerprint density at radius 2 is 1.79 bits per heavy atom. The van der Waals surface area contributed by atoms with Crippen molar-refractivity contribution in [3.63, 3.8) is 0 Å². The van der Waals surface area contributed by atoms with Crippen LogP contribution in [0.4, 0.5) is 14.7 Å². The van der Waals surface area contributed by atoms with Crippen molar-refractivity contribution in [1.82, 2.24) is 25.5 Å². The van der Waals surface area contributed by atoms with Crippen molar-refractivity contribution < 1.29 is 48.0 Å². The largest absolute Gasteiger partial charge is 0.497 e. The second-order valence-electron chi connectivity index (χ2n) is 14.7. The maximum absolute atomic E-state index is 14.5. The molecule has 4 aliphatic rings. The summed E-state index contributed by atoms with van der Waals surface area (Å²) in [7, 11) is 2.80. The van der Waals surface area contributed by atoms with E-state index in [1.54, 1.807) is 36.8 Å². The zero-order valence-electron chi connectivity index (χ0n) is 31.3. The van der Waals surface area contributed by atoms with Gasteiger partial charge in [0.05, 0.1) is 32.0 Å². The number of pyridine rings is 1. The number of hydrogen-bond donors (Lipinski definition) is 4. The number of benzene rings is 1. The summed E-state index contributed by atoms with van der Waals surface area (Å²) in [6, 6.07) is 4.94. The summed E-state index contributed by atoms with van der Waals surface area (Å²) in [5, 5.41) is 21.1. The van der Waals surface area contributed by atoms with Gasteiger partial charge in [-0.25, -0.2) is 24.4 Å². The van der Waals surface area contributed by atoms with Gasteiger partial charge in [0.2, 0.25) is 11.8 Å². The Balaban J connectivity index is 1.20. The number of fused-ring (bicyclic) bond motifs is 3. The maximum atomic E-state index is 14.5. The van der Waals surface area contributed by atoms with E-state index in [0.717, 1.165) is 44.9 Å². The summed E-state index contributed by atoms with van der Waals surface area (Å²) >= 11 is 1.18. The maximum Gasteiger partial charge on any atom is 0.413 e. The summed E-state index contributed by atoms with van der Waals surface area (Å²) in [6.07, 6.45) is 8.64. The van der Waals surface area contributed by atoms with Gasteiger partial charge in [-0.1, -0.05) is 25.0 Å². The Hall–Kier alpha value is -5.45. The van der Waals surface area contributed by atoms with Crippen LogP contribution in [-0.2, 0) is 23.9 Å². The molecule has 298 valence electrons. The van der Waals surface area contributed by atoms with Gasteiger partial charge in [-0.15, -0.1) is 11.3 Å². The van der Waals surface area contributed by atoms with E-state index in [0.29, 0.717) is 51.8 Å². The number of carbonyl (C=O) groups excluding carboxylic acids is 4. The van der Waals surface area contributed by atoms with E-state index < -0.39 is 53.7 Å². The van der Waals surface area contributed by atoms with Crippen molar-refractivity contribution in [3.8, 4) is 22.9 Å².